The molecule has 0 aliphatic carbocycles. The molecule has 2 aliphatic rings. The molecule has 0 N–H and O–H groups in total. The van der Waals surface area contributed by atoms with E-state index in [9.17, 15) is 8.42 Å². The summed E-state index contributed by atoms with van der Waals surface area (Å²) in [6, 6.07) is 1.92. The van der Waals surface area contributed by atoms with Crippen LogP contribution in [0.3, 0.4) is 0 Å². The molecule has 0 saturated carbocycles. The van der Waals surface area contributed by atoms with Gasteiger partial charge in [0.2, 0.25) is 0 Å². The van der Waals surface area contributed by atoms with E-state index in [1.807, 2.05) is 17.9 Å². The lowest BCUT2D eigenvalue weighted by Crippen LogP contribution is -2.68. The van der Waals surface area contributed by atoms with Crippen LogP contribution in [0.5, 0.6) is 0 Å². The van der Waals surface area contributed by atoms with E-state index in [-0.39, 0.29) is 11.7 Å². The number of aromatic nitrogens is 4. The molecule has 4 rings (SSSR count). The molecule has 0 amide bonds. The number of anilines is 1. The van der Waals surface area contributed by atoms with E-state index in [0.29, 0.717) is 31.9 Å². The quantitative estimate of drug-likeness (QED) is 0.783. The van der Waals surface area contributed by atoms with E-state index in [0.717, 1.165) is 11.5 Å². The van der Waals surface area contributed by atoms with Gasteiger partial charge in [-0.3, -0.25) is 0 Å². The Labute approximate surface area is 134 Å². The van der Waals surface area contributed by atoms with Crippen molar-refractivity contribution in [2.45, 2.75) is 18.1 Å². The lowest BCUT2D eigenvalue weighted by atomic mass is 9.83. The normalized spacial score (nSPS) is 25.1. The summed E-state index contributed by atoms with van der Waals surface area (Å²) in [6.45, 7) is 3.33. The molecule has 2 saturated heterocycles. The molecule has 2 aliphatic heterocycles. The number of fused-ring (bicyclic) bond motifs is 1. The van der Waals surface area contributed by atoms with Crippen LogP contribution in [-0.2, 0) is 14.6 Å². The molecule has 0 aromatic carbocycles. The van der Waals surface area contributed by atoms with E-state index in [1.165, 1.54) is 6.33 Å². The summed E-state index contributed by atoms with van der Waals surface area (Å²) in [5.74, 6) is 1.68. The van der Waals surface area contributed by atoms with Gasteiger partial charge in [-0.2, -0.15) is 14.6 Å². The van der Waals surface area contributed by atoms with Gasteiger partial charge in [0.15, 0.2) is 9.84 Å². The summed E-state index contributed by atoms with van der Waals surface area (Å²) in [5, 5.41) is 4.20. The molecule has 0 bridgehead atoms. The molecule has 124 valence electrons. The maximum atomic E-state index is 12.6. The highest BCUT2D eigenvalue weighted by Crippen LogP contribution is 2.46. The Morgan fingerprint density at radius 2 is 2.22 bits per heavy atom. The predicted octanol–water partition coefficient (Wildman–Crippen LogP) is 0.0726. The largest absolute Gasteiger partial charge is 0.384 e. The van der Waals surface area contributed by atoms with Crippen LogP contribution in [-0.4, -0.2) is 65.3 Å². The van der Waals surface area contributed by atoms with Gasteiger partial charge >= 0.3 is 0 Å². The molecular formula is C14H19N5O3S. The second-order valence-corrected chi connectivity index (χ2v) is 8.86. The smallest absolute Gasteiger partial charge is 0.254 e. The number of aryl methyl sites for hydroxylation is 1. The lowest BCUT2D eigenvalue weighted by molar-refractivity contribution is 0.123. The van der Waals surface area contributed by atoms with Crippen LogP contribution in [0.2, 0.25) is 0 Å². The van der Waals surface area contributed by atoms with E-state index in [1.54, 1.807) is 11.6 Å². The van der Waals surface area contributed by atoms with Crippen LogP contribution >= 0.6 is 0 Å². The minimum absolute atomic E-state index is 0.0583. The SMILES string of the molecule is COC[C@H]1CCS(=O)(=O)C12CN(c1cc(C)nc3ncnn13)C2. The summed E-state index contributed by atoms with van der Waals surface area (Å²) in [6.07, 6.45) is 2.14. The second-order valence-electron chi connectivity index (χ2n) is 6.41. The Morgan fingerprint density at radius 3 is 2.96 bits per heavy atom. The Kier molecular flexibility index (Phi) is 3.14. The number of ether oxygens (including phenoxy) is 1. The average molecular weight is 337 g/mol. The molecular weight excluding hydrogens is 318 g/mol. The highest BCUT2D eigenvalue weighted by atomic mass is 32.2. The van der Waals surface area contributed by atoms with Crippen molar-refractivity contribution in [3.05, 3.63) is 18.1 Å². The molecule has 8 nitrogen and oxygen atoms in total. The minimum Gasteiger partial charge on any atom is -0.384 e. The molecule has 2 aromatic rings. The Balaban J connectivity index is 1.69. The topological polar surface area (TPSA) is 89.7 Å². The molecule has 2 aromatic heterocycles. The average Bonchev–Trinajstić information content (AvgIpc) is 2.99. The number of hydrogen-bond donors (Lipinski definition) is 0. The van der Waals surface area contributed by atoms with E-state index >= 15 is 0 Å². The van der Waals surface area contributed by atoms with Crippen molar-refractivity contribution in [3.63, 3.8) is 0 Å². The number of methoxy groups -OCH3 is 1. The number of nitrogens with zero attached hydrogens (tertiary/aromatic N) is 5. The molecule has 9 heteroatoms. The maximum absolute atomic E-state index is 12.6. The predicted molar refractivity (Wildman–Crippen MR) is 84.2 cm³/mol. The van der Waals surface area contributed by atoms with Crippen molar-refractivity contribution in [2.75, 3.05) is 37.5 Å². The van der Waals surface area contributed by atoms with E-state index < -0.39 is 14.6 Å². The first-order valence-electron chi connectivity index (χ1n) is 7.60. The summed E-state index contributed by atoms with van der Waals surface area (Å²) < 4.78 is 31.4. The van der Waals surface area contributed by atoms with Crippen molar-refractivity contribution < 1.29 is 13.2 Å². The molecule has 1 spiro atoms. The lowest BCUT2D eigenvalue weighted by Gasteiger charge is -2.50. The fourth-order valence-electron chi connectivity index (χ4n) is 3.81. The first-order valence-corrected chi connectivity index (χ1v) is 9.26. The van der Waals surface area contributed by atoms with Crippen molar-refractivity contribution in [1.82, 2.24) is 19.6 Å². The summed E-state index contributed by atoms with van der Waals surface area (Å²) >= 11 is 0. The van der Waals surface area contributed by atoms with Crippen LogP contribution in [0, 0.1) is 12.8 Å². The highest BCUT2D eigenvalue weighted by Gasteiger charge is 2.61. The van der Waals surface area contributed by atoms with E-state index in [4.69, 9.17) is 4.74 Å². The van der Waals surface area contributed by atoms with Crippen LogP contribution < -0.4 is 4.90 Å². The zero-order valence-corrected chi connectivity index (χ0v) is 14.0. The maximum Gasteiger partial charge on any atom is 0.254 e. The first-order chi connectivity index (χ1) is 11.0. The molecule has 0 radical (unpaired) electrons. The zero-order valence-electron chi connectivity index (χ0n) is 13.1. The van der Waals surface area contributed by atoms with Crippen molar-refractivity contribution >= 4 is 21.4 Å². The molecule has 4 heterocycles. The number of sulfone groups is 1. The summed E-state index contributed by atoms with van der Waals surface area (Å²) in [7, 11) is -1.47. The number of rotatable bonds is 3. The van der Waals surface area contributed by atoms with Gasteiger partial charge in [-0.05, 0) is 13.3 Å². The van der Waals surface area contributed by atoms with Crippen molar-refractivity contribution in [2.24, 2.45) is 5.92 Å². The van der Waals surface area contributed by atoms with Crippen LogP contribution in [0.25, 0.3) is 5.78 Å². The number of hydrogen-bond acceptors (Lipinski definition) is 7. The van der Waals surface area contributed by atoms with Gasteiger partial charge in [0.25, 0.3) is 5.78 Å². The second kappa shape index (κ2) is 4.88. The zero-order chi connectivity index (χ0) is 16.2. The first kappa shape index (κ1) is 14.8. The minimum atomic E-state index is -3.09. The van der Waals surface area contributed by atoms with Gasteiger partial charge < -0.3 is 9.64 Å². The fourth-order valence-corrected chi connectivity index (χ4v) is 6.21. The highest BCUT2D eigenvalue weighted by molar-refractivity contribution is 7.93. The third kappa shape index (κ3) is 1.99. The standard InChI is InChI=1S/C14H19N5O3S/c1-10-5-12(19-13(17-10)15-9-16-19)18-7-14(8-18)11(6-22-2)3-4-23(14,20)21/h5,9,11H,3-4,6-8H2,1-2H3/t11-/m1/s1. The van der Waals surface area contributed by atoms with Crippen molar-refractivity contribution in [3.8, 4) is 0 Å². The third-order valence-electron chi connectivity index (χ3n) is 5.07. The van der Waals surface area contributed by atoms with Crippen LogP contribution in [0.4, 0.5) is 5.82 Å². The van der Waals surface area contributed by atoms with Crippen LogP contribution in [0.15, 0.2) is 12.4 Å². The fraction of sp³-hybridized carbons (Fsp3) is 0.643. The van der Waals surface area contributed by atoms with E-state index in [2.05, 4.69) is 15.1 Å². The van der Waals surface area contributed by atoms with Crippen molar-refractivity contribution in [1.29, 1.82) is 0 Å². The van der Waals surface area contributed by atoms with Gasteiger partial charge in [0.1, 0.15) is 16.9 Å². The molecule has 1 atom stereocenters. The van der Waals surface area contributed by atoms with Gasteiger partial charge in [0, 0.05) is 37.9 Å². The summed E-state index contributed by atoms with van der Waals surface area (Å²) in [5.41, 5.74) is 0.837. The summed E-state index contributed by atoms with van der Waals surface area (Å²) in [4.78, 5) is 10.5. The van der Waals surface area contributed by atoms with Gasteiger partial charge in [-0.25, -0.2) is 13.4 Å². The molecule has 0 unspecified atom stereocenters. The third-order valence-corrected chi connectivity index (χ3v) is 7.67. The van der Waals surface area contributed by atoms with Gasteiger partial charge in [-0.1, -0.05) is 0 Å². The Hall–Kier alpha value is -1.74. The Bertz CT molecular complexity index is 856. The monoisotopic (exact) mass is 337 g/mol. The molecule has 23 heavy (non-hydrogen) atoms. The molecule has 2 fully saturated rings. The Morgan fingerprint density at radius 1 is 1.43 bits per heavy atom. The van der Waals surface area contributed by atoms with Gasteiger partial charge in [0.05, 0.1) is 12.4 Å². The van der Waals surface area contributed by atoms with Gasteiger partial charge in [-0.15, -0.1) is 0 Å². The van der Waals surface area contributed by atoms with Crippen LogP contribution in [0.1, 0.15) is 12.1 Å².